The largest absolute Gasteiger partial charge is 0.496 e. The van der Waals surface area contributed by atoms with Crippen LogP contribution in [-0.4, -0.2) is 21.4 Å². The average molecular weight is 900 g/mol. The molecule has 11 aromatic rings. The zero-order valence-corrected chi connectivity index (χ0v) is 39.2. The molecular formula is C58H49N3O7. The van der Waals surface area contributed by atoms with E-state index in [1.807, 2.05) is 54.0 Å². The molecule has 5 heterocycles. The maximum atomic E-state index is 13.3. The molecule has 0 saturated heterocycles. The Morgan fingerprint density at radius 3 is 1.97 bits per heavy atom. The summed E-state index contributed by atoms with van der Waals surface area (Å²) in [5, 5.41) is 17.5. The molecule has 0 amide bonds. The third kappa shape index (κ3) is 8.37. The summed E-state index contributed by atoms with van der Waals surface area (Å²) >= 11 is 0. The quantitative estimate of drug-likeness (QED) is 0.0948. The van der Waals surface area contributed by atoms with Gasteiger partial charge in [-0.05, 0) is 152 Å². The van der Waals surface area contributed by atoms with Gasteiger partial charge < -0.3 is 18.0 Å². The van der Waals surface area contributed by atoms with E-state index in [1.54, 1.807) is 31.4 Å². The summed E-state index contributed by atoms with van der Waals surface area (Å²) in [6.07, 6.45) is 4.78. The van der Waals surface area contributed by atoms with Gasteiger partial charge in [-0.15, -0.1) is 0 Å². The summed E-state index contributed by atoms with van der Waals surface area (Å²) in [5.74, 6) is 0.848. The molecule has 0 aliphatic heterocycles. The second-order valence-electron chi connectivity index (χ2n) is 17.5. The molecule has 0 saturated carbocycles. The van der Waals surface area contributed by atoms with Crippen molar-refractivity contribution in [1.82, 2.24) is 9.38 Å². The molecular weight excluding hydrogens is 851 g/mol. The summed E-state index contributed by atoms with van der Waals surface area (Å²) in [4.78, 5) is 38.6. The number of hydrogen-bond acceptors (Lipinski definition) is 8. The molecule has 10 nitrogen and oxygen atoms in total. The summed E-state index contributed by atoms with van der Waals surface area (Å²) < 4.78 is 18.1. The first-order valence-corrected chi connectivity index (χ1v) is 22.3. The van der Waals surface area contributed by atoms with Crippen LogP contribution in [0.1, 0.15) is 50.2 Å². The first-order chi connectivity index (χ1) is 32.7. The van der Waals surface area contributed by atoms with Crippen LogP contribution in [0.5, 0.6) is 5.75 Å². The Bertz CT molecular complexity index is 3940. The molecule has 0 spiro atoms. The SMILES string of the molecule is COc1cc2ccn3c(c(-c4ccc(C)c(C)c4)c4c5ccccc5oc(=O)c43)c2cc1C.Cc1ccc(Cc2nccc3cc(C)c(C)cc23)cc1C.O=c1oc2ccccc2cc1[N+](=O)[O-]. The lowest BCUT2D eigenvalue weighted by atomic mass is 9.95. The van der Waals surface area contributed by atoms with Crippen LogP contribution in [0, 0.1) is 58.6 Å². The van der Waals surface area contributed by atoms with Gasteiger partial charge in [-0.25, -0.2) is 9.59 Å². The van der Waals surface area contributed by atoms with Gasteiger partial charge >= 0.3 is 16.9 Å². The number of aryl methyl sites for hydroxylation is 7. The first-order valence-electron chi connectivity index (χ1n) is 22.3. The van der Waals surface area contributed by atoms with Crippen LogP contribution < -0.4 is 16.0 Å². The van der Waals surface area contributed by atoms with Crippen molar-refractivity contribution in [2.24, 2.45) is 0 Å². The third-order valence-corrected chi connectivity index (χ3v) is 13.0. The van der Waals surface area contributed by atoms with Crippen molar-refractivity contribution < 1.29 is 18.5 Å². The van der Waals surface area contributed by atoms with Crippen molar-refractivity contribution >= 4 is 65.6 Å². The lowest BCUT2D eigenvalue weighted by Gasteiger charge is -2.11. The molecule has 0 radical (unpaired) electrons. The van der Waals surface area contributed by atoms with Gasteiger partial charge in [0.2, 0.25) is 0 Å². The number of methoxy groups -OCH3 is 1. The number of pyridine rings is 2. The number of ether oxygens (including phenoxy) is 1. The van der Waals surface area contributed by atoms with Crippen molar-refractivity contribution in [2.45, 2.75) is 54.9 Å². The highest BCUT2D eigenvalue weighted by molar-refractivity contribution is 6.21. The fourth-order valence-electron chi connectivity index (χ4n) is 8.90. The molecule has 11 rings (SSSR count). The number of benzene rings is 6. The average Bonchev–Trinajstić information content (AvgIpc) is 3.68. The third-order valence-electron chi connectivity index (χ3n) is 13.0. The van der Waals surface area contributed by atoms with Gasteiger partial charge in [0, 0.05) is 57.4 Å². The normalized spacial score (nSPS) is 11.2. The molecule has 0 N–H and O–H groups in total. The minimum Gasteiger partial charge on any atom is -0.496 e. The monoisotopic (exact) mass is 899 g/mol. The van der Waals surface area contributed by atoms with E-state index < -0.39 is 16.2 Å². The van der Waals surface area contributed by atoms with Crippen LogP contribution in [0.4, 0.5) is 5.69 Å². The van der Waals surface area contributed by atoms with Crippen molar-refractivity contribution in [3.05, 3.63) is 221 Å². The highest BCUT2D eigenvalue weighted by Gasteiger charge is 2.23. The molecule has 5 aromatic heterocycles. The first kappa shape index (κ1) is 44.8. The molecule has 0 aliphatic carbocycles. The van der Waals surface area contributed by atoms with Crippen LogP contribution in [0.15, 0.2) is 158 Å². The highest BCUT2D eigenvalue weighted by atomic mass is 16.6. The number of hydrogen-bond donors (Lipinski definition) is 0. The Morgan fingerprint density at radius 1 is 0.588 bits per heavy atom. The summed E-state index contributed by atoms with van der Waals surface area (Å²) in [5.41, 5.74) is 14.2. The van der Waals surface area contributed by atoms with E-state index in [-0.39, 0.29) is 5.63 Å². The Balaban J connectivity index is 0.000000141. The van der Waals surface area contributed by atoms with Crippen LogP contribution in [0.25, 0.3) is 71.0 Å². The Labute approximate surface area is 391 Å². The van der Waals surface area contributed by atoms with E-state index in [0.717, 1.165) is 55.9 Å². The van der Waals surface area contributed by atoms with Crippen LogP contribution >= 0.6 is 0 Å². The molecule has 0 atom stereocenters. The smallest absolute Gasteiger partial charge is 0.415 e. The van der Waals surface area contributed by atoms with E-state index in [0.29, 0.717) is 22.1 Å². The highest BCUT2D eigenvalue weighted by Crippen LogP contribution is 2.42. The molecule has 338 valence electrons. The number of rotatable bonds is 5. The predicted molar refractivity (Wildman–Crippen MR) is 274 cm³/mol. The molecule has 0 unspecified atom stereocenters. The second-order valence-corrected chi connectivity index (χ2v) is 17.5. The van der Waals surface area contributed by atoms with Crippen LogP contribution in [0.2, 0.25) is 0 Å². The van der Waals surface area contributed by atoms with Crippen molar-refractivity contribution in [3.8, 4) is 16.9 Å². The van der Waals surface area contributed by atoms with Gasteiger partial charge in [-0.2, -0.15) is 0 Å². The predicted octanol–water partition coefficient (Wildman–Crippen LogP) is 13.7. The van der Waals surface area contributed by atoms with E-state index in [1.165, 1.54) is 61.5 Å². The fraction of sp³-hybridized carbons (Fsp3) is 0.155. The van der Waals surface area contributed by atoms with Gasteiger partial charge in [0.15, 0.2) is 0 Å². The summed E-state index contributed by atoms with van der Waals surface area (Å²) in [7, 11) is 1.69. The van der Waals surface area contributed by atoms with Gasteiger partial charge in [0.1, 0.15) is 22.4 Å². The number of para-hydroxylation sites is 2. The number of nitro groups is 1. The molecule has 0 bridgehead atoms. The topological polar surface area (TPSA) is 130 Å². The Hall–Kier alpha value is -8.37. The Morgan fingerprint density at radius 2 is 1.24 bits per heavy atom. The second kappa shape index (κ2) is 18.1. The van der Waals surface area contributed by atoms with Crippen LogP contribution in [-0.2, 0) is 6.42 Å². The summed E-state index contributed by atoms with van der Waals surface area (Å²) in [6, 6.07) is 41.7. The molecule has 0 fully saturated rings. The molecule has 0 aliphatic rings. The van der Waals surface area contributed by atoms with E-state index in [4.69, 9.17) is 13.6 Å². The van der Waals surface area contributed by atoms with Gasteiger partial charge in [-0.1, -0.05) is 78.9 Å². The summed E-state index contributed by atoms with van der Waals surface area (Å²) in [6.45, 7) is 14.9. The Kier molecular flexibility index (Phi) is 11.9. The number of aromatic nitrogens is 2. The standard InChI is InChI=1S/C29H23NO3.C20H21N.C9H5NO4/c1-16-9-10-20(13-17(16)2)25-26-21-7-5-6-8-23(21)33-29(31)28(26)30-12-11-19-15-24(32-4)18(3)14-22(19)27(25)30;1-13-5-6-17(9-14(13)2)12-20-19-11-16(4)15(3)10-18(19)7-8-21-20;11-9-7(10(12)13)5-6-3-1-2-4-8(6)14-9/h5-15H,1-4H3;5-11H,12H2,1-4H3;1-5H. The van der Waals surface area contributed by atoms with Gasteiger partial charge in [-0.3, -0.25) is 15.1 Å². The van der Waals surface area contributed by atoms with Gasteiger partial charge in [0.25, 0.3) is 0 Å². The molecule has 6 aromatic carbocycles. The van der Waals surface area contributed by atoms with Crippen molar-refractivity contribution in [1.29, 1.82) is 0 Å². The lowest BCUT2D eigenvalue weighted by Crippen LogP contribution is -2.05. The minimum absolute atomic E-state index is 0.335. The maximum absolute atomic E-state index is 13.3. The minimum atomic E-state index is -0.923. The van der Waals surface area contributed by atoms with Crippen molar-refractivity contribution in [2.75, 3.05) is 7.11 Å². The van der Waals surface area contributed by atoms with Crippen molar-refractivity contribution in [3.63, 3.8) is 0 Å². The van der Waals surface area contributed by atoms with E-state index in [2.05, 4.69) is 113 Å². The van der Waals surface area contributed by atoms with Gasteiger partial charge in [0.05, 0.1) is 23.2 Å². The zero-order chi connectivity index (χ0) is 48.0. The fourth-order valence-corrected chi connectivity index (χ4v) is 8.90. The maximum Gasteiger partial charge on any atom is 0.415 e. The van der Waals surface area contributed by atoms with Crippen LogP contribution in [0.3, 0.4) is 0 Å². The molecule has 10 heteroatoms. The number of fused-ring (bicyclic) bond motifs is 9. The lowest BCUT2D eigenvalue weighted by molar-refractivity contribution is -0.387. The van der Waals surface area contributed by atoms with E-state index in [9.17, 15) is 19.7 Å². The zero-order valence-electron chi connectivity index (χ0n) is 39.2. The number of nitrogens with zero attached hydrogens (tertiary/aromatic N) is 3. The van der Waals surface area contributed by atoms with E-state index >= 15 is 0 Å². The molecule has 68 heavy (non-hydrogen) atoms.